The maximum atomic E-state index is 13.8. The van der Waals surface area contributed by atoms with Crippen molar-refractivity contribution in [2.45, 2.75) is 51.6 Å². The minimum Gasteiger partial charge on any atom is -0.335 e. The second kappa shape index (κ2) is 9.36. The van der Waals surface area contributed by atoms with E-state index in [1.54, 1.807) is 11.0 Å². The first-order valence-electron chi connectivity index (χ1n) is 10.4. The number of nitriles is 1. The first-order valence-corrected chi connectivity index (χ1v) is 10.4. The normalized spacial score (nSPS) is 21.2. The molecule has 0 saturated carbocycles. The van der Waals surface area contributed by atoms with Crippen LogP contribution in [0.3, 0.4) is 0 Å². The van der Waals surface area contributed by atoms with Gasteiger partial charge in [0.05, 0.1) is 18.7 Å². The molecule has 0 spiro atoms. The number of halogens is 1. The van der Waals surface area contributed by atoms with E-state index in [9.17, 15) is 14.0 Å². The summed E-state index contributed by atoms with van der Waals surface area (Å²) in [5.41, 5.74) is 2.01. The molecule has 2 unspecified atom stereocenters. The van der Waals surface area contributed by atoms with E-state index < -0.39 is 0 Å². The lowest BCUT2D eigenvalue weighted by Gasteiger charge is -2.40. The van der Waals surface area contributed by atoms with Gasteiger partial charge >= 0.3 is 0 Å². The molecule has 1 saturated heterocycles. The van der Waals surface area contributed by atoms with Gasteiger partial charge in [0, 0.05) is 26.1 Å². The Kier molecular flexibility index (Phi) is 6.86. The summed E-state index contributed by atoms with van der Waals surface area (Å²) < 4.78 is 13.8. The summed E-state index contributed by atoms with van der Waals surface area (Å²) in [6.45, 7) is 5.86. The van der Waals surface area contributed by atoms with Gasteiger partial charge < -0.3 is 15.1 Å². The van der Waals surface area contributed by atoms with Gasteiger partial charge in [0.25, 0.3) is 0 Å². The largest absolute Gasteiger partial charge is 0.335 e. The average Bonchev–Trinajstić information content (AvgIpc) is 3.18. The number of hydrogen-bond acceptors (Lipinski definition) is 4. The lowest BCUT2D eigenvalue weighted by Crippen LogP contribution is -2.44. The van der Waals surface area contributed by atoms with Crippen LogP contribution in [0.4, 0.5) is 4.39 Å². The number of nitrogens with one attached hydrogen (secondary N) is 1. The minimum atomic E-state index is -0.327. The molecule has 1 aromatic carbocycles. The average molecular weight is 400 g/mol. The molecule has 0 bridgehead atoms. The zero-order chi connectivity index (χ0) is 21.0. The number of hydrogen-bond donors (Lipinski definition) is 1. The summed E-state index contributed by atoms with van der Waals surface area (Å²) in [5.74, 6) is -0.188. The summed E-state index contributed by atoms with van der Waals surface area (Å²) >= 11 is 0. The molecule has 1 fully saturated rings. The van der Waals surface area contributed by atoms with Crippen LogP contribution in [0.1, 0.15) is 50.3 Å². The fourth-order valence-electron chi connectivity index (χ4n) is 4.45. The monoisotopic (exact) mass is 400 g/mol. The summed E-state index contributed by atoms with van der Waals surface area (Å²) in [6.07, 6.45) is 2.59. The van der Waals surface area contributed by atoms with E-state index in [1.807, 2.05) is 24.8 Å². The Labute approximate surface area is 171 Å². The molecule has 29 heavy (non-hydrogen) atoms. The number of rotatable bonds is 6. The van der Waals surface area contributed by atoms with E-state index in [1.165, 1.54) is 6.07 Å². The number of amides is 2. The number of benzene rings is 1. The summed E-state index contributed by atoms with van der Waals surface area (Å²) in [6, 6.07) is 6.55. The SMILES string of the molecule is CC(C)C1c2cc(F)ccc2CCN1C(=O)CCNCC(=O)N1CCCC1C#N. The van der Waals surface area contributed by atoms with Gasteiger partial charge in [-0.3, -0.25) is 9.59 Å². The fourth-order valence-corrected chi connectivity index (χ4v) is 4.45. The van der Waals surface area contributed by atoms with Crippen LogP contribution in [-0.4, -0.2) is 53.8 Å². The molecule has 0 radical (unpaired) electrons. The first kappa shape index (κ1) is 21.3. The van der Waals surface area contributed by atoms with E-state index in [0.29, 0.717) is 19.6 Å². The van der Waals surface area contributed by atoms with Gasteiger partial charge in [0.15, 0.2) is 0 Å². The molecule has 3 rings (SSSR count). The van der Waals surface area contributed by atoms with E-state index in [2.05, 4.69) is 11.4 Å². The van der Waals surface area contributed by atoms with Gasteiger partial charge in [-0.15, -0.1) is 0 Å². The zero-order valence-corrected chi connectivity index (χ0v) is 17.2. The standard InChI is InChI=1S/C22H29FN4O2/c1-15(2)22-19-12-17(23)6-5-16(19)8-11-27(22)20(28)7-9-25-14-21(29)26-10-3-4-18(26)13-24/h5-6,12,15,18,22,25H,3-4,7-11,14H2,1-2H3. The molecule has 2 amide bonds. The summed E-state index contributed by atoms with van der Waals surface area (Å²) in [5, 5.41) is 12.1. The predicted octanol–water partition coefficient (Wildman–Crippen LogP) is 2.40. The van der Waals surface area contributed by atoms with Gasteiger partial charge in [-0.1, -0.05) is 19.9 Å². The van der Waals surface area contributed by atoms with Crippen molar-refractivity contribution >= 4 is 11.8 Å². The maximum Gasteiger partial charge on any atom is 0.237 e. The van der Waals surface area contributed by atoms with Crippen LogP contribution in [-0.2, 0) is 16.0 Å². The number of carbonyl (C=O) groups excluding carboxylic acids is 2. The minimum absolute atomic E-state index is 0.00892. The van der Waals surface area contributed by atoms with Crippen LogP contribution in [0.2, 0.25) is 0 Å². The summed E-state index contributed by atoms with van der Waals surface area (Å²) in [4.78, 5) is 28.6. The van der Waals surface area contributed by atoms with Crippen molar-refractivity contribution in [1.29, 1.82) is 5.26 Å². The van der Waals surface area contributed by atoms with Crippen molar-refractivity contribution in [1.82, 2.24) is 15.1 Å². The Morgan fingerprint density at radius 2 is 2.07 bits per heavy atom. The highest BCUT2D eigenvalue weighted by Crippen LogP contribution is 2.35. The molecule has 0 aliphatic carbocycles. The van der Waals surface area contributed by atoms with Crippen molar-refractivity contribution in [2.24, 2.45) is 5.92 Å². The van der Waals surface area contributed by atoms with E-state index in [4.69, 9.17) is 5.26 Å². The Hall–Kier alpha value is -2.46. The molecule has 0 aromatic heterocycles. The van der Waals surface area contributed by atoms with Gasteiger partial charge in [-0.2, -0.15) is 5.26 Å². The highest BCUT2D eigenvalue weighted by Gasteiger charge is 2.33. The van der Waals surface area contributed by atoms with Crippen molar-refractivity contribution in [3.8, 4) is 6.07 Å². The van der Waals surface area contributed by atoms with Gasteiger partial charge in [0.2, 0.25) is 11.8 Å². The van der Waals surface area contributed by atoms with Crippen molar-refractivity contribution in [3.05, 3.63) is 35.1 Å². The summed E-state index contributed by atoms with van der Waals surface area (Å²) in [7, 11) is 0. The number of fused-ring (bicyclic) bond motifs is 1. The first-order chi connectivity index (χ1) is 13.9. The van der Waals surface area contributed by atoms with Crippen molar-refractivity contribution < 1.29 is 14.0 Å². The number of carbonyl (C=O) groups is 2. The third-order valence-electron chi connectivity index (χ3n) is 5.85. The molecule has 1 aromatic rings. The Morgan fingerprint density at radius 3 is 2.79 bits per heavy atom. The molecule has 2 aliphatic rings. The molecule has 1 N–H and O–H groups in total. The highest BCUT2D eigenvalue weighted by molar-refractivity contribution is 5.80. The predicted molar refractivity (Wildman–Crippen MR) is 107 cm³/mol. The second-order valence-corrected chi connectivity index (χ2v) is 8.17. The zero-order valence-electron chi connectivity index (χ0n) is 17.2. The van der Waals surface area contributed by atoms with Crippen LogP contribution < -0.4 is 5.32 Å². The molecule has 156 valence electrons. The van der Waals surface area contributed by atoms with Crippen molar-refractivity contribution in [2.75, 3.05) is 26.2 Å². The molecule has 7 heteroatoms. The fraction of sp³-hybridized carbons (Fsp3) is 0.591. The van der Waals surface area contributed by atoms with Gasteiger partial charge in [-0.05, 0) is 48.4 Å². The highest BCUT2D eigenvalue weighted by atomic mass is 19.1. The van der Waals surface area contributed by atoms with Crippen LogP contribution in [0.5, 0.6) is 0 Å². The molecule has 2 aliphatic heterocycles. The van der Waals surface area contributed by atoms with E-state index in [-0.39, 0.29) is 48.6 Å². The maximum absolute atomic E-state index is 13.8. The van der Waals surface area contributed by atoms with Gasteiger partial charge in [0.1, 0.15) is 11.9 Å². The van der Waals surface area contributed by atoms with Crippen LogP contribution in [0.15, 0.2) is 18.2 Å². The molecule has 2 atom stereocenters. The third kappa shape index (κ3) is 4.76. The van der Waals surface area contributed by atoms with E-state index in [0.717, 1.165) is 30.4 Å². The van der Waals surface area contributed by atoms with Crippen LogP contribution in [0, 0.1) is 23.1 Å². The van der Waals surface area contributed by atoms with Crippen LogP contribution in [0.25, 0.3) is 0 Å². The molecular weight excluding hydrogens is 371 g/mol. The molecule has 2 heterocycles. The van der Waals surface area contributed by atoms with E-state index >= 15 is 0 Å². The Morgan fingerprint density at radius 1 is 1.28 bits per heavy atom. The lowest BCUT2D eigenvalue weighted by atomic mass is 9.86. The smallest absolute Gasteiger partial charge is 0.237 e. The lowest BCUT2D eigenvalue weighted by molar-refractivity contribution is -0.135. The quantitative estimate of drug-likeness (QED) is 0.744. The second-order valence-electron chi connectivity index (χ2n) is 8.17. The number of likely N-dealkylation sites (tertiary alicyclic amines) is 1. The van der Waals surface area contributed by atoms with Crippen molar-refractivity contribution in [3.63, 3.8) is 0 Å². The molecular formula is C22H29FN4O2. The topological polar surface area (TPSA) is 76.4 Å². The van der Waals surface area contributed by atoms with Crippen LogP contribution >= 0.6 is 0 Å². The Bertz CT molecular complexity index is 804. The number of nitrogens with zero attached hydrogens (tertiary/aromatic N) is 3. The molecule has 6 nitrogen and oxygen atoms in total. The van der Waals surface area contributed by atoms with Gasteiger partial charge in [-0.25, -0.2) is 4.39 Å². The Balaban J connectivity index is 1.54. The third-order valence-corrected chi connectivity index (χ3v) is 5.85.